The van der Waals surface area contributed by atoms with Crippen LogP contribution >= 0.6 is 23.4 Å². The van der Waals surface area contributed by atoms with E-state index in [1.54, 1.807) is 0 Å². The minimum atomic E-state index is -1.46. The van der Waals surface area contributed by atoms with Crippen molar-refractivity contribution in [2.75, 3.05) is 5.75 Å². The molecule has 0 aromatic carbocycles. The maximum Gasteiger partial charge on any atom is 0.336 e. The molecule has 1 aromatic rings. The number of rotatable bonds is 5. The van der Waals surface area contributed by atoms with E-state index in [1.807, 2.05) is 0 Å². The van der Waals surface area contributed by atoms with Gasteiger partial charge in [0.1, 0.15) is 11.3 Å². The summed E-state index contributed by atoms with van der Waals surface area (Å²) in [5.41, 5.74) is -0.284. The van der Waals surface area contributed by atoms with E-state index in [0.717, 1.165) is 24.0 Å². The Hall–Kier alpha value is -1.15. The molecule has 1 aromatic heterocycles. The van der Waals surface area contributed by atoms with Crippen molar-refractivity contribution < 1.29 is 24.9 Å². The van der Waals surface area contributed by atoms with Crippen LogP contribution in [0.5, 0.6) is 0 Å². The zero-order valence-corrected chi connectivity index (χ0v) is 11.5. The van der Waals surface area contributed by atoms with Crippen LogP contribution in [0.15, 0.2) is 12.3 Å². The average molecular weight is 306 g/mol. The molecule has 19 heavy (non-hydrogen) atoms. The Morgan fingerprint density at radius 1 is 1.47 bits per heavy atom. The van der Waals surface area contributed by atoms with Crippen LogP contribution in [0.1, 0.15) is 28.9 Å². The number of carboxylic acids is 1. The highest BCUT2D eigenvalue weighted by Gasteiger charge is 2.24. The van der Waals surface area contributed by atoms with Crippen molar-refractivity contribution in [3.8, 4) is 0 Å². The molecule has 0 spiro atoms. The van der Waals surface area contributed by atoms with Gasteiger partial charge < -0.3 is 15.3 Å². The number of halogens is 1. The number of aliphatic hydroxyl groups excluding tert-OH is 2. The number of carbonyl (C=O) groups excluding carboxylic acids is 1. The van der Waals surface area contributed by atoms with Crippen molar-refractivity contribution in [1.82, 2.24) is 4.98 Å². The molecule has 1 heterocycles. The Labute approximate surface area is 118 Å². The molecule has 0 saturated heterocycles. The minimum Gasteiger partial charge on any atom is -0.478 e. The van der Waals surface area contributed by atoms with Crippen molar-refractivity contribution in [1.29, 1.82) is 0 Å². The number of carboxylic acid groups (broad SMARTS) is 1. The molecule has 0 amide bonds. The smallest absolute Gasteiger partial charge is 0.336 e. The summed E-state index contributed by atoms with van der Waals surface area (Å²) >= 11 is 6.42. The number of aliphatic hydroxyl groups is 2. The van der Waals surface area contributed by atoms with Crippen LogP contribution in [-0.4, -0.2) is 43.2 Å². The molecule has 0 saturated carbocycles. The quantitative estimate of drug-likeness (QED) is 0.699. The molecule has 8 heteroatoms. The first kappa shape index (κ1) is 15.9. The van der Waals surface area contributed by atoms with Crippen molar-refractivity contribution in [2.45, 2.75) is 19.1 Å². The fourth-order valence-electron chi connectivity index (χ4n) is 1.36. The number of carbonyl (C=O) groups is 2. The number of aromatic carboxylic acids is 1. The second-order valence-corrected chi connectivity index (χ2v) is 5.30. The summed E-state index contributed by atoms with van der Waals surface area (Å²) in [7, 11) is 0. The third-order valence-corrected chi connectivity index (χ3v) is 3.39. The predicted molar refractivity (Wildman–Crippen MR) is 70.3 cm³/mol. The van der Waals surface area contributed by atoms with Gasteiger partial charge in [0.25, 0.3) is 0 Å². The number of nitrogens with zero attached hydrogens (tertiary/aromatic N) is 1. The van der Waals surface area contributed by atoms with E-state index in [0.29, 0.717) is 0 Å². The van der Waals surface area contributed by atoms with Crippen LogP contribution in [-0.2, 0) is 4.79 Å². The van der Waals surface area contributed by atoms with Crippen molar-refractivity contribution in [2.24, 2.45) is 0 Å². The standard InChI is InChI=1S/C11H12ClNO5S/c1-5(14)19-4-8(15)10(16)7-3-13-9(12)2-6(7)11(17)18/h2-3,8,10,15-16H,4H2,1H3,(H,17,18). The highest BCUT2D eigenvalue weighted by molar-refractivity contribution is 8.13. The van der Waals surface area contributed by atoms with Crippen LogP contribution in [0.4, 0.5) is 0 Å². The number of pyridine rings is 1. The van der Waals surface area contributed by atoms with Gasteiger partial charge in [-0.15, -0.1) is 0 Å². The summed E-state index contributed by atoms with van der Waals surface area (Å²) in [5.74, 6) is -1.33. The van der Waals surface area contributed by atoms with Crippen LogP contribution in [0.3, 0.4) is 0 Å². The molecular formula is C11H12ClNO5S. The topological polar surface area (TPSA) is 108 Å². The van der Waals surface area contributed by atoms with Gasteiger partial charge in [-0.3, -0.25) is 4.79 Å². The number of hydrogen-bond donors (Lipinski definition) is 3. The lowest BCUT2D eigenvalue weighted by Gasteiger charge is -2.18. The van der Waals surface area contributed by atoms with E-state index in [1.165, 1.54) is 6.92 Å². The summed E-state index contributed by atoms with van der Waals surface area (Å²) < 4.78 is 0. The summed E-state index contributed by atoms with van der Waals surface area (Å²) in [5, 5.41) is 28.4. The summed E-state index contributed by atoms with van der Waals surface area (Å²) in [6.07, 6.45) is -1.64. The normalized spacial score (nSPS) is 13.9. The second kappa shape index (κ2) is 6.85. The van der Waals surface area contributed by atoms with Crippen LogP contribution in [0.2, 0.25) is 5.15 Å². The van der Waals surface area contributed by atoms with E-state index in [2.05, 4.69) is 4.98 Å². The molecule has 2 atom stereocenters. The first-order valence-corrected chi connectivity index (χ1v) is 6.57. The lowest BCUT2D eigenvalue weighted by atomic mass is 10.0. The highest BCUT2D eigenvalue weighted by Crippen LogP contribution is 2.24. The first-order valence-electron chi connectivity index (χ1n) is 5.21. The molecule has 0 aliphatic heterocycles. The van der Waals surface area contributed by atoms with Crippen molar-refractivity contribution in [3.63, 3.8) is 0 Å². The van der Waals surface area contributed by atoms with E-state index >= 15 is 0 Å². The summed E-state index contributed by atoms with van der Waals surface area (Å²) in [4.78, 5) is 25.5. The molecule has 3 N–H and O–H groups in total. The predicted octanol–water partition coefficient (Wildman–Crippen LogP) is 1.11. The van der Waals surface area contributed by atoms with Gasteiger partial charge in [0.05, 0.1) is 11.7 Å². The average Bonchev–Trinajstić information content (AvgIpc) is 2.34. The molecule has 2 unspecified atom stereocenters. The lowest BCUT2D eigenvalue weighted by molar-refractivity contribution is -0.109. The Kier molecular flexibility index (Phi) is 5.74. The molecule has 0 radical (unpaired) electrons. The molecule has 0 bridgehead atoms. The SMILES string of the molecule is CC(=O)SCC(O)C(O)c1cnc(Cl)cc1C(=O)O. The minimum absolute atomic E-state index is 0.0269. The zero-order valence-electron chi connectivity index (χ0n) is 9.91. The van der Waals surface area contributed by atoms with Gasteiger partial charge >= 0.3 is 5.97 Å². The van der Waals surface area contributed by atoms with Gasteiger partial charge in [0, 0.05) is 24.4 Å². The molecule has 104 valence electrons. The fraction of sp³-hybridized carbons (Fsp3) is 0.364. The third kappa shape index (κ3) is 4.46. The maximum atomic E-state index is 11.0. The number of aromatic nitrogens is 1. The molecule has 1 rings (SSSR count). The number of hydrogen-bond acceptors (Lipinski definition) is 6. The molecule has 0 aliphatic rings. The summed E-state index contributed by atoms with van der Waals surface area (Å²) in [6, 6.07) is 1.09. The van der Waals surface area contributed by atoms with Gasteiger partial charge in [0.2, 0.25) is 0 Å². The van der Waals surface area contributed by atoms with Gasteiger partial charge in [0.15, 0.2) is 5.12 Å². The van der Waals surface area contributed by atoms with E-state index in [4.69, 9.17) is 16.7 Å². The molecule has 0 fully saturated rings. The highest BCUT2D eigenvalue weighted by atomic mass is 35.5. The van der Waals surface area contributed by atoms with Crippen LogP contribution in [0, 0.1) is 0 Å². The van der Waals surface area contributed by atoms with Crippen LogP contribution < -0.4 is 0 Å². The largest absolute Gasteiger partial charge is 0.478 e. The van der Waals surface area contributed by atoms with Gasteiger partial charge in [-0.1, -0.05) is 23.4 Å². The lowest BCUT2D eigenvalue weighted by Crippen LogP contribution is -2.23. The van der Waals surface area contributed by atoms with Gasteiger partial charge in [-0.05, 0) is 6.07 Å². The van der Waals surface area contributed by atoms with Crippen LogP contribution in [0.25, 0.3) is 0 Å². The maximum absolute atomic E-state index is 11.0. The summed E-state index contributed by atoms with van der Waals surface area (Å²) in [6.45, 7) is 1.33. The first-order chi connectivity index (χ1) is 8.82. The van der Waals surface area contributed by atoms with Crippen molar-refractivity contribution >= 4 is 34.4 Å². The number of thioether (sulfide) groups is 1. The fourth-order valence-corrected chi connectivity index (χ4v) is 2.11. The Bertz CT molecular complexity index is 496. The molecule has 6 nitrogen and oxygen atoms in total. The molecular weight excluding hydrogens is 294 g/mol. The Morgan fingerprint density at radius 2 is 2.11 bits per heavy atom. The van der Waals surface area contributed by atoms with Gasteiger partial charge in [-0.25, -0.2) is 9.78 Å². The van der Waals surface area contributed by atoms with Crippen molar-refractivity contribution in [3.05, 3.63) is 28.5 Å². The third-order valence-electron chi connectivity index (χ3n) is 2.27. The Balaban J connectivity index is 2.95. The zero-order chi connectivity index (χ0) is 14.6. The molecule has 0 aliphatic carbocycles. The van der Waals surface area contributed by atoms with Gasteiger partial charge in [-0.2, -0.15) is 0 Å². The van der Waals surface area contributed by atoms with E-state index < -0.39 is 18.2 Å². The monoisotopic (exact) mass is 305 g/mol. The second-order valence-electron chi connectivity index (χ2n) is 3.71. The van der Waals surface area contributed by atoms with E-state index in [9.17, 15) is 19.8 Å². The Morgan fingerprint density at radius 3 is 2.63 bits per heavy atom. The van der Waals surface area contributed by atoms with E-state index in [-0.39, 0.29) is 27.1 Å².